The lowest BCUT2D eigenvalue weighted by Crippen LogP contribution is -2.34. The van der Waals surface area contributed by atoms with Crippen molar-refractivity contribution in [1.82, 2.24) is 24.9 Å². The Morgan fingerprint density at radius 1 is 1.27 bits per heavy atom. The number of hydrogen-bond acceptors (Lipinski definition) is 3. The van der Waals surface area contributed by atoms with Crippen molar-refractivity contribution in [3.63, 3.8) is 0 Å². The molecule has 2 unspecified atom stereocenters. The topological polar surface area (TPSA) is 64.7 Å². The van der Waals surface area contributed by atoms with Crippen LogP contribution in [0.15, 0.2) is 12.4 Å². The van der Waals surface area contributed by atoms with Gasteiger partial charge < -0.3 is 5.32 Å². The van der Waals surface area contributed by atoms with E-state index in [2.05, 4.69) is 15.5 Å². The lowest BCUT2D eigenvalue weighted by molar-refractivity contribution is -0.124. The molecule has 0 saturated heterocycles. The fraction of sp³-hybridized carbons (Fsp3) is 0.533. The zero-order valence-corrected chi connectivity index (χ0v) is 14.3. The monoisotopic (exact) mass is 323 g/mol. The van der Waals surface area contributed by atoms with Gasteiger partial charge in [0.25, 0.3) is 0 Å². The number of nitrogens with one attached hydrogen (secondary N) is 1. The summed E-state index contributed by atoms with van der Waals surface area (Å²) in [7, 11) is 0. The molecule has 2 atom stereocenters. The van der Waals surface area contributed by atoms with Crippen LogP contribution in [0.4, 0.5) is 0 Å². The molecule has 1 N–H and O–H groups in total. The second-order valence-corrected chi connectivity index (χ2v) is 5.84. The van der Waals surface area contributed by atoms with Crippen LogP contribution in [0.5, 0.6) is 0 Å². The van der Waals surface area contributed by atoms with E-state index in [1.54, 1.807) is 17.8 Å². The zero-order chi connectivity index (χ0) is 16.4. The molecule has 0 fully saturated rings. The third-order valence-corrected chi connectivity index (χ3v) is 4.37. The van der Waals surface area contributed by atoms with E-state index in [-0.39, 0.29) is 11.9 Å². The van der Waals surface area contributed by atoms with Crippen molar-refractivity contribution >= 4 is 17.5 Å². The number of carbonyl (C=O) groups is 1. The highest BCUT2D eigenvalue weighted by molar-refractivity contribution is 6.31. The van der Waals surface area contributed by atoms with E-state index in [1.807, 2.05) is 38.6 Å². The first-order chi connectivity index (χ1) is 10.4. The van der Waals surface area contributed by atoms with Gasteiger partial charge in [-0.1, -0.05) is 11.6 Å². The van der Waals surface area contributed by atoms with E-state index in [4.69, 9.17) is 11.6 Å². The first-order valence-electron chi connectivity index (χ1n) is 7.39. The van der Waals surface area contributed by atoms with Gasteiger partial charge in [0.1, 0.15) is 6.04 Å². The minimum absolute atomic E-state index is 0.0981. The van der Waals surface area contributed by atoms with Crippen molar-refractivity contribution in [2.75, 3.05) is 0 Å². The Hall–Kier alpha value is -1.82. The van der Waals surface area contributed by atoms with Crippen LogP contribution >= 0.6 is 11.6 Å². The Morgan fingerprint density at radius 3 is 2.45 bits per heavy atom. The smallest absolute Gasteiger partial charge is 0.245 e. The molecule has 0 aliphatic rings. The number of hydrogen-bond donors (Lipinski definition) is 1. The summed E-state index contributed by atoms with van der Waals surface area (Å²) in [4.78, 5) is 12.4. The van der Waals surface area contributed by atoms with E-state index in [9.17, 15) is 4.79 Å². The maximum absolute atomic E-state index is 12.4. The van der Waals surface area contributed by atoms with Crippen LogP contribution < -0.4 is 5.32 Å². The molecule has 2 heterocycles. The number of aromatic nitrogens is 4. The van der Waals surface area contributed by atoms with Crippen molar-refractivity contribution in [1.29, 1.82) is 0 Å². The fourth-order valence-electron chi connectivity index (χ4n) is 2.52. The summed E-state index contributed by atoms with van der Waals surface area (Å²) >= 11 is 5.99. The summed E-state index contributed by atoms with van der Waals surface area (Å²) in [5.41, 5.74) is 2.88. The summed E-state index contributed by atoms with van der Waals surface area (Å²) in [5, 5.41) is 12.0. The largest absolute Gasteiger partial charge is 0.348 e. The van der Waals surface area contributed by atoms with E-state index >= 15 is 0 Å². The number of aryl methyl sites for hydroxylation is 1. The molecule has 0 aliphatic carbocycles. The van der Waals surface area contributed by atoms with E-state index < -0.39 is 6.04 Å². The van der Waals surface area contributed by atoms with Gasteiger partial charge in [0, 0.05) is 17.8 Å². The predicted octanol–water partition coefficient (Wildman–Crippen LogP) is 2.81. The normalized spacial score (nSPS) is 13.9. The second kappa shape index (κ2) is 6.52. The maximum Gasteiger partial charge on any atom is 0.245 e. The zero-order valence-electron chi connectivity index (χ0n) is 13.6. The molecular formula is C15H22ClN5O. The van der Waals surface area contributed by atoms with Crippen LogP contribution in [0.2, 0.25) is 5.02 Å². The SMILES string of the molecule is CCn1ncc(C(C)NC(=O)C(C)n2ncc(Cl)c2C)c1C. The number of nitrogens with zero attached hydrogens (tertiary/aromatic N) is 4. The van der Waals surface area contributed by atoms with Crippen molar-refractivity contribution in [3.8, 4) is 0 Å². The molecule has 0 bridgehead atoms. The summed E-state index contributed by atoms with van der Waals surface area (Å²) in [6.07, 6.45) is 3.37. The summed E-state index contributed by atoms with van der Waals surface area (Å²) < 4.78 is 3.55. The molecule has 6 nitrogen and oxygen atoms in total. The van der Waals surface area contributed by atoms with E-state index in [1.165, 1.54) is 0 Å². The van der Waals surface area contributed by atoms with Crippen LogP contribution in [0.3, 0.4) is 0 Å². The second-order valence-electron chi connectivity index (χ2n) is 5.43. The first kappa shape index (κ1) is 16.5. The number of carbonyl (C=O) groups excluding carboxylic acids is 1. The van der Waals surface area contributed by atoms with Crippen LogP contribution in [-0.4, -0.2) is 25.5 Å². The molecule has 2 aromatic heterocycles. The van der Waals surface area contributed by atoms with Crippen molar-refractivity contribution < 1.29 is 4.79 Å². The van der Waals surface area contributed by atoms with E-state index in [0.29, 0.717) is 5.02 Å². The number of rotatable bonds is 5. The highest BCUT2D eigenvalue weighted by atomic mass is 35.5. The molecule has 0 aliphatic heterocycles. The van der Waals surface area contributed by atoms with Gasteiger partial charge in [-0.3, -0.25) is 14.2 Å². The Balaban J connectivity index is 2.10. The molecule has 0 radical (unpaired) electrons. The number of halogens is 1. The molecule has 1 amide bonds. The quantitative estimate of drug-likeness (QED) is 0.920. The minimum atomic E-state index is -0.420. The first-order valence-corrected chi connectivity index (χ1v) is 7.76. The van der Waals surface area contributed by atoms with Crippen molar-refractivity contribution in [3.05, 3.63) is 34.4 Å². The van der Waals surface area contributed by atoms with Crippen molar-refractivity contribution in [2.45, 2.75) is 53.2 Å². The molecule has 2 aromatic rings. The molecule has 7 heteroatoms. The Labute approximate surface area is 135 Å². The van der Waals surface area contributed by atoms with Gasteiger partial charge in [-0.15, -0.1) is 0 Å². The minimum Gasteiger partial charge on any atom is -0.348 e. The Kier molecular flexibility index (Phi) is 4.90. The number of amides is 1. The molecule has 22 heavy (non-hydrogen) atoms. The van der Waals surface area contributed by atoms with Crippen molar-refractivity contribution in [2.24, 2.45) is 0 Å². The average Bonchev–Trinajstić information content (AvgIpc) is 3.02. The van der Waals surface area contributed by atoms with Crippen LogP contribution in [0.1, 0.15) is 49.8 Å². The summed E-state index contributed by atoms with van der Waals surface area (Å²) in [5.74, 6) is -0.0981. The maximum atomic E-state index is 12.4. The van der Waals surface area contributed by atoms with Crippen LogP contribution in [0, 0.1) is 13.8 Å². The van der Waals surface area contributed by atoms with Gasteiger partial charge in [-0.25, -0.2) is 0 Å². The van der Waals surface area contributed by atoms with E-state index in [0.717, 1.165) is 23.5 Å². The Bertz CT molecular complexity index is 676. The van der Waals surface area contributed by atoms with Gasteiger partial charge in [0.2, 0.25) is 5.91 Å². The average molecular weight is 324 g/mol. The third-order valence-electron chi connectivity index (χ3n) is 4.00. The molecule has 0 aromatic carbocycles. The molecule has 2 rings (SSSR count). The highest BCUT2D eigenvalue weighted by Gasteiger charge is 2.22. The van der Waals surface area contributed by atoms with Gasteiger partial charge in [0.15, 0.2) is 0 Å². The molecular weight excluding hydrogens is 302 g/mol. The summed E-state index contributed by atoms with van der Waals surface area (Å²) in [6.45, 7) is 10.5. The van der Waals surface area contributed by atoms with Gasteiger partial charge >= 0.3 is 0 Å². The van der Waals surface area contributed by atoms with Gasteiger partial charge in [0.05, 0.1) is 29.2 Å². The lowest BCUT2D eigenvalue weighted by Gasteiger charge is -2.19. The standard InChI is InChI=1S/C15H22ClN5O/c1-6-20-10(3)13(7-17-20)9(2)19-15(22)12(5)21-11(4)14(16)8-18-21/h7-9,12H,6H2,1-5H3,(H,19,22). The van der Waals surface area contributed by atoms with Crippen LogP contribution in [0.25, 0.3) is 0 Å². The van der Waals surface area contributed by atoms with Crippen LogP contribution in [-0.2, 0) is 11.3 Å². The molecule has 120 valence electrons. The lowest BCUT2D eigenvalue weighted by atomic mass is 10.1. The third kappa shape index (κ3) is 3.02. The van der Waals surface area contributed by atoms with Gasteiger partial charge in [-0.2, -0.15) is 10.2 Å². The predicted molar refractivity (Wildman–Crippen MR) is 85.9 cm³/mol. The fourth-order valence-corrected chi connectivity index (χ4v) is 2.65. The molecule has 0 saturated carbocycles. The Morgan fingerprint density at radius 2 is 1.95 bits per heavy atom. The van der Waals surface area contributed by atoms with Gasteiger partial charge in [-0.05, 0) is 34.6 Å². The molecule has 0 spiro atoms. The summed E-state index contributed by atoms with van der Waals surface area (Å²) in [6, 6.07) is -0.530. The highest BCUT2D eigenvalue weighted by Crippen LogP contribution is 2.20.